The molecule has 0 aliphatic rings. The van der Waals surface area contributed by atoms with E-state index in [2.05, 4.69) is 16.0 Å². The molecule has 11 nitrogen and oxygen atoms in total. The molecule has 0 radical (unpaired) electrons. The minimum atomic E-state index is -1.20. The van der Waals surface area contributed by atoms with Gasteiger partial charge in [0.05, 0.1) is 25.8 Å². The monoisotopic (exact) mass is 640 g/mol. The molecule has 0 unspecified atom stereocenters. The summed E-state index contributed by atoms with van der Waals surface area (Å²) in [7, 11) is 1.26. The average Bonchev–Trinajstić information content (AvgIpc) is 2.98. The third-order valence-electron chi connectivity index (χ3n) is 7.12. The zero-order valence-electron chi connectivity index (χ0n) is 28.4. The Labute approximate surface area is 273 Å². The van der Waals surface area contributed by atoms with Gasteiger partial charge in [-0.1, -0.05) is 88.4 Å². The molecule has 2 aromatic rings. The van der Waals surface area contributed by atoms with E-state index in [-0.39, 0.29) is 31.3 Å². The third kappa shape index (κ3) is 13.5. The number of urea groups is 1. The van der Waals surface area contributed by atoms with Crippen molar-refractivity contribution in [1.29, 1.82) is 0 Å². The van der Waals surface area contributed by atoms with Gasteiger partial charge in [-0.15, -0.1) is 0 Å². The van der Waals surface area contributed by atoms with E-state index in [1.807, 2.05) is 74.5 Å². The van der Waals surface area contributed by atoms with E-state index in [9.17, 15) is 24.3 Å². The molecule has 4 atom stereocenters. The van der Waals surface area contributed by atoms with Crippen molar-refractivity contribution >= 4 is 24.0 Å². The Hall–Kier alpha value is -4.12. The minimum absolute atomic E-state index is 0.0353. The number of amides is 4. The highest BCUT2D eigenvalue weighted by atomic mass is 16.6. The molecule has 11 heteroatoms. The number of aliphatic hydroxyl groups is 1. The van der Waals surface area contributed by atoms with Crippen LogP contribution in [0.2, 0.25) is 0 Å². The summed E-state index contributed by atoms with van der Waals surface area (Å²) >= 11 is 0. The summed E-state index contributed by atoms with van der Waals surface area (Å²) in [6, 6.07) is 15.4. The highest BCUT2D eigenvalue weighted by Crippen LogP contribution is 2.15. The Morgan fingerprint density at radius 1 is 0.848 bits per heavy atom. The predicted octanol–water partition coefficient (Wildman–Crippen LogP) is 4.42. The maximum atomic E-state index is 13.9. The van der Waals surface area contributed by atoms with Crippen LogP contribution in [-0.2, 0) is 32.0 Å². The maximum absolute atomic E-state index is 13.9. The molecule has 46 heavy (non-hydrogen) atoms. The van der Waals surface area contributed by atoms with E-state index < -0.39 is 53.8 Å². The second-order valence-corrected chi connectivity index (χ2v) is 13.3. The first-order valence-corrected chi connectivity index (χ1v) is 15.8. The molecule has 2 rings (SSSR count). The van der Waals surface area contributed by atoms with Crippen LogP contribution in [0.3, 0.4) is 0 Å². The molecule has 4 amide bonds. The van der Waals surface area contributed by atoms with Crippen LogP contribution in [0.5, 0.6) is 0 Å². The van der Waals surface area contributed by atoms with Gasteiger partial charge in [0.2, 0.25) is 5.91 Å². The molecule has 0 aliphatic heterocycles. The fourth-order valence-electron chi connectivity index (χ4n) is 4.81. The lowest BCUT2D eigenvalue weighted by molar-refractivity contribution is -0.146. The fourth-order valence-corrected chi connectivity index (χ4v) is 4.81. The van der Waals surface area contributed by atoms with E-state index in [0.717, 1.165) is 11.1 Å². The number of nitrogens with zero attached hydrogens (tertiary/aromatic N) is 1. The Kier molecular flexibility index (Phi) is 15.0. The van der Waals surface area contributed by atoms with Gasteiger partial charge in [0.25, 0.3) is 0 Å². The van der Waals surface area contributed by atoms with E-state index >= 15 is 0 Å². The van der Waals surface area contributed by atoms with Crippen LogP contribution in [0.4, 0.5) is 9.59 Å². The molecule has 4 N–H and O–H groups in total. The van der Waals surface area contributed by atoms with Gasteiger partial charge in [-0.3, -0.25) is 4.79 Å². The van der Waals surface area contributed by atoms with E-state index in [1.54, 1.807) is 34.6 Å². The van der Waals surface area contributed by atoms with Gasteiger partial charge >= 0.3 is 18.1 Å². The summed E-state index contributed by atoms with van der Waals surface area (Å²) in [6.07, 6.45) is -1.30. The number of ether oxygens (including phenoxy) is 2. The predicted molar refractivity (Wildman–Crippen MR) is 177 cm³/mol. The first kappa shape index (κ1) is 38.1. The van der Waals surface area contributed by atoms with Gasteiger partial charge in [-0.05, 0) is 56.6 Å². The van der Waals surface area contributed by atoms with Crippen molar-refractivity contribution < 1.29 is 33.8 Å². The first-order chi connectivity index (χ1) is 21.6. The Bertz CT molecular complexity index is 1250. The summed E-state index contributed by atoms with van der Waals surface area (Å²) in [4.78, 5) is 53.9. The van der Waals surface area contributed by atoms with Crippen LogP contribution in [0.25, 0.3) is 0 Å². The van der Waals surface area contributed by atoms with Gasteiger partial charge in [0, 0.05) is 6.54 Å². The van der Waals surface area contributed by atoms with Gasteiger partial charge in [-0.25, -0.2) is 14.4 Å². The Balaban J connectivity index is 2.36. The normalized spacial score (nSPS) is 14.1. The number of esters is 1. The fraction of sp³-hybridized carbons (Fsp3) is 0.543. The summed E-state index contributed by atoms with van der Waals surface area (Å²) < 4.78 is 10.3. The van der Waals surface area contributed by atoms with Gasteiger partial charge in [0.15, 0.2) is 0 Å². The average molecular weight is 641 g/mol. The number of hydrogen-bond donors (Lipinski definition) is 4. The molecule has 0 saturated heterocycles. The van der Waals surface area contributed by atoms with Crippen molar-refractivity contribution in [2.45, 2.75) is 97.7 Å². The zero-order chi connectivity index (χ0) is 34.4. The quantitative estimate of drug-likeness (QED) is 0.211. The third-order valence-corrected chi connectivity index (χ3v) is 7.12. The lowest BCUT2D eigenvalue weighted by atomic mass is 10.00. The number of alkyl carbamates (subject to hydrolysis) is 1. The standard InChI is InChI=1S/C35H52N4O7/c1-23(2)19-28(31(41)38-30(24(3)4)32(42)45-8)36-33(43)39(21-26-17-13-10-14-18-26)22-29(40)27(20-25-15-11-9-12-16-25)37-34(44)46-35(5,6)7/h9-18,23-24,27-30,40H,19-22H2,1-8H3,(H,36,43)(H,37,44)(H,38,41)/t27-,28+,29+,30-/m0/s1. The topological polar surface area (TPSA) is 146 Å². The molecule has 0 bridgehead atoms. The number of rotatable bonds is 15. The van der Waals surface area contributed by atoms with Crippen molar-refractivity contribution in [3.63, 3.8) is 0 Å². The summed E-state index contributed by atoms with van der Waals surface area (Å²) in [5.74, 6) is -1.29. The first-order valence-electron chi connectivity index (χ1n) is 15.8. The van der Waals surface area contributed by atoms with Gasteiger partial charge < -0.3 is 35.4 Å². The molecule has 0 aromatic heterocycles. The maximum Gasteiger partial charge on any atom is 0.407 e. The summed E-state index contributed by atoms with van der Waals surface area (Å²) in [6.45, 7) is 12.6. The molecule has 0 aliphatic carbocycles. The molecular formula is C35H52N4O7. The summed E-state index contributed by atoms with van der Waals surface area (Å²) in [5, 5.41) is 19.9. The number of carbonyl (C=O) groups excluding carboxylic acids is 4. The van der Waals surface area contributed by atoms with Crippen LogP contribution in [0, 0.1) is 11.8 Å². The van der Waals surface area contributed by atoms with Crippen LogP contribution in [0.1, 0.15) is 66.0 Å². The molecule has 0 saturated carbocycles. The van der Waals surface area contributed by atoms with Crippen molar-refractivity contribution in [2.75, 3.05) is 13.7 Å². The molecule has 2 aromatic carbocycles. The Morgan fingerprint density at radius 3 is 1.91 bits per heavy atom. The molecule has 254 valence electrons. The molecule has 0 heterocycles. The SMILES string of the molecule is COC(=O)[C@@H](NC(=O)[C@@H](CC(C)C)NC(=O)N(Cc1ccccc1)C[C@@H](O)[C@H](Cc1ccccc1)NC(=O)OC(C)(C)C)C(C)C. The molecular weight excluding hydrogens is 588 g/mol. The van der Waals surface area contributed by atoms with Crippen LogP contribution in [-0.4, -0.2) is 77.5 Å². The highest BCUT2D eigenvalue weighted by Gasteiger charge is 2.32. The number of methoxy groups -OCH3 is 1. The van der Waals surface area contributed by atoms with Crippen LogP contribution < -0.4 is 16.0 Å². The van der Waals surface area contributed by atoms with Gasteiger partial charge in [0.1, 0.15) is 17.7 Å². The van der Waals surface area contributed by atoms with Crippen molar-refractivity contribution in [2.24, 2.45) is 11.8 Å². The van der Waals surface area contributed by atoms with Crippen LogP contribution >= 0.6 is 0 Å². The second kappa shape index (κ2) is 18.1. The van der Waals surface area contributed by atoms with E-state index in [1.165, 1.54) is 12.0 Å². The lowest BCUT2D eigenvalue weighted by Crippen LogP contribution is -2.57. The number of hydrogen-bond acceptors (Lipinski definition) is 7. The molecule has 0 fully saturated rings. The van der Waals surface area contributed by atoms with Crippen molar-refractivity contribution in [1.82, 2.24) is 20.9 Å². The van der Waals surface area contributed by atoms with Crippen molar-refractivity contribution in [3.05, 3.63) is 71.8 Å². The largest absolute Gasteiger partial charge is 0.467 e. The van der Waals surface area contributed by atoms with Crippen molar-refractivity contribution in [3.8, 4) is 0 Å². The lowest BCUT2D eigenvalue weighted by Gasteiger charge is -2.32. The van der Waals surface area contributed by atoms with E-state index in [0.29, 0.717) is 6.42 Å². The number of carbonyl (C=O) groups is 4. The second-order valence-electron chi connectivity index (χ2n) is 13.3. The zero-order valence-corrected chi connectivity index (χ0v) is 28.4. The molecule has 0 spiro atoms. The smallest absolute Gasteiger partial charge is 0.407 e. The number of aliphatic hydroxyl groups excluding tert-OH is 1. The number of nitrogens with one attached hydrogen (secondary N) is 3. The summed E-state index contributed by atoms with van der Waals surface area (Å²) in [5.41, 5.74) is 0.931. The van der Waals surface area contributed by atoms with Crippen LogP contribution in [0.15, 0.2) is 60.7 Å². The minimum Gasteiger partial charge on any atom is -0.467 e. The highest BCUT2D eigenvalue weighted by molar-refractivity contribution is 5.90. The number of benzene rings is 2. The Morgan fingerprint density at radius 2 is 1.41 bits per heavy atom. The van der Waals surface area contributed by atoms with E-state index in [4.69, 9.17) is 9.47 Å². The van der Waals surface area contributed by atoms with Gasteiger partial charge in [-0.2, -0.15) is 0 Å².